The minimum Gasteiger partial charge on any atom is -0.393 e. The van der Waals surface area contributed by atoms with Crippen molar-refractivity contribution in [2.75, 3.05) is 0 Å². The van der Waals surface area contributed by atoms with Crippen LogP contribution in [0.2, 0.25) is 0 Å². The van der Waals surface area contributed by atoms with Gasteiger partial charge in [-0.15, -0.1) is 0 Å². The van der Waals surface area contributed by atoms with Gasteiger partial charge in [0.2, 0.25) is 0 Å². The zero-order chi connectivity index (χ0) is 16.6. The molecule has 0 aliphatic heterocycles. The second kappa shape index (κ2) is 5.06. The number of hydrogen-bond acceptors (Lipinski definition) is 3. The maximum absolute atomic E-state index is 11.0. The van der Waals surface area contributed by atoms with Crippen LogP contribution in [-0.2, 0) is 0 Å². The van der Waals surface area contributed by atoms with E-state index in [1.807, 2.05) is 0 Å². The Bertz CT molecular complexity index is 529. The van der Waals surface area contributed by atoms with Gasteiger partial charge >= 0.3 is 0 Å². The molecule has 3 unspecified atom stereocenters. The van der Waals surface area contributed by atoms with Gasteiger partial charge in [-0.3, -0.25) is 0 Å². The van der Waals surface area contributed by atoms with E-state index in [2.05, 4.69) is 26.8 Å². The molecular weight excluding hydrogens is 288 g/mol. The van der Waals surface area contributed by atoms with Crippen molar-refractivity contribution in [2.24, 2.45) is 34.5 Å². The van der Waals surface area contributed by atoms with Crippen molar-refractivity contribution in [3.05, 3.63) is 11.6 Å². The summed E-state index contributed by atoms with van der Waals surface area (Å²) in [6.45, 7) is 6.88. The molecule has 3 fully saturated rings. The van der Waals surface area contributed by atoms with E-state index in [0.717, 1.165) is 38.5 Å². The summed E-state index contributed by atoms with van der Waals surface area (Å²) in [5.74, 6) is 1.65. The van der Waals surface area contributed by atoms with Crippen LogP contribution in [0.3, 0.4) is 0 Å². The van der Waals surface area contributed by atoms with Gasteiger partial charge in [0.05, 0.1) is 18.3 Å². The highest BCUT2D eigenvalue weighted by Gasteiger charge is 2.62. The number of rotatable bonds is 0. The van der Waals surface area contributed by atoms with Crippen LogP contribution in [0.15, 0.2) is 11.6 Å². The Morgan fingerprint density at radius 2 is 1.83 bits per heavy atom. The lowest BCUT2D eigenvalue weighted by Crippen LogP contribution is -2.56. The molecule has 9 atom stereocenters. The fraction of sp³-hybridized carbons (Fsp3) is 0.900. The van der Waals surface area contributed by atoms with Gasteiger partial charge in [0.1, 0.15) is 0 Å². The first-order valence-electron chi connectivity index (χ1n) is 9.53. The standard InChI is InChI=1S/C20H32O3/c1-11-8-16(23)20(3)7-5-14-17(18(11)20)15(22)10-12-9-13(21)4-6-19(12,14)2/h10-11,13-18,21-23H,4-9H2,1-3H3/t11-,13-,14?,15-,16+,17?,18?,19+,20-/m1/s1. The van der Waals surface area contributed by atoms with Crippen LogP contribution in [0.4, 0.5) is 0 Å². The molecule has 130 valence electrons. The molecule has 0 aromatic heterocycles. The third-order valence-electron chi connectivity index (χ3n) is 8.37. The average Bonchev–Trinajstić information content (AvgIpc) is 2.71. The van der Waals surface area contributed by atoms with Crippen LogP contribution >= 0.6 is 0 Å². The Balaban J connectivity index is 1.76. The Kier molecular flexibility index (Phi) is 3.54. The first kappa shape index (κ1) is 16.1. The summed E-state index contributed by atoms with van der Waals surface area (Å²) in [5.41, 5.74) is 1.40. The Morgan fingerprint density at radius 1 is 1.09 bits per heavy atom. The number of aliphatic hydroxyl groups is 3. The predicted molar refractivity (Wildman–Crippen MR) is 89.7 cm³/mol. The monoisotopic (exact) mass is 320 g/mol. The van der Waals surface area contributed by atoms with Crippen LogP contribution in [0, 0.1) is 34.5 Å². The largest absolute Gasteiger partial charge is 0.393 e. The molecule has 0 aromatic rings. The van der Waals surface area contributed by atoms with Crippen molar-refractivity contribution < 1.29 is 15.3 Å². The van der Waals surface area contributed by atoms with Gasteiger partial charge in [-0.2, -0.15) is 0 Å². The molecule has 4 aliphatic rings. The highest BCUT2D eigenvalue weighted by Crippen LogP contribution is 2.65. The molecule has 0 amide bonds. The maximum atomic E-state index is 11.0. The first-order valence-corrected chi connectivity index (χ1v) is 9.53. The van der Waals surface area contributed by atoms with Crippen LogP contribution in [-0.4, -0.2) is 33.6 Å². The molecule has 0 saturated heterocycles. The SMILES string of the molecule is C[C@@H]1C[C@H](O)[C@@]2(C)CCC3C(C12)[C@H](O)C=C1C[C@H](O)CC[C@@]13C. The quantitative estimate of drug-likeness (QED) is 0.602. The zero-order valence-electron chi connectivity index (χ0n) is 14.7. The molecular formula is C20H32O3. The molecule has 23 heavy (non-hydrogen) atoms. The van der Waals surface area contributed by atoms with Gasteiger partial charge in [0, 0.05) is 0 Å². The summed E-state index contributed by atoms with van der Waals surface area (Å²) in [4.78, 5) is 0. The van der Waals surface area contributed by atoms with Crippen molar-refractivity contribution in [2.45, 2.75) is 77.6 Å². The molecule has 3 saturated carbocycles. The lowest BCUT2D eigenvalue weighted by Gasteiger charge is -2.59. The van der Waals surface area contributed by atoms with E-state index in [1.54, 1.807) is 0 Å². The molecule has 3 nitrogen and oxygen atoms in total. The highest BCUT2D eigenvalue weighted by molar-refractivity contribution is 5.28. The Labute approximate surface area is 139 Å². The molecule has 3 heteroatoms. The third kappa shape index (κ3) is 2.06. The fourth-order valence-corrected chi connectivity index (χ4v) is 7.11. The number of aliphatic hydroxyl groups excluding tert-OH is 3. The van der Waals surface area contributed by atoms with E-state index < -0.39 is 6.10 Å². The van der Waals surface area contributed by atoms with Crippen LogP contribution in [0.25, 0.3) is 0 Å². The van der Waals surface area contributed by atoms with Gasteiger partial charge in [0.15, 0.2) is 0 Å². The summed E-state index contributed by atoms with van der Waals surface area (Å²) < 4.78 is 0. The van der Waals surface area contributed by atoms with E-state index in [9.17, 15) is 15.3 Å². The Morgan fingerprint density at radius 3 is 2.57 bits per heavy atom. The minimum atomic E-state index is -0.411. The second-order valence-electron chi connectivity index (χ2n) is 9.48. The Hall–Kier alpha value is -0.380. The summed E-state index contributed by atoms with van der Waals surface area (Å²) in [7, 11) is 0. The summed E-state index contributed by atoms with van der Waals surface area (Å²) in [6.07, 6.45) is 6.91. The van der Waals surface area contributed by atoms with E-state index in [4.69, 9.17) is 0 Å². The molecule has 0 aromatic carbocycles. The molecule has 0 spiro atoms. The number of hydrogen-bond donors (Lipinski definition) is 3. The smallest absolute Gasteiger partial charge is 0.0757 e. The molecule has 0 bridgehead atoms. The van der Waals surface area contributed by atoms with Crippen molar-refractivity contribution >= 4 is 0 Å². The molecule has 4 rings (SSSR count). The minimum absolute atomic E-state index is 0.0303. The molecule has 0 radical (unpaired) electrons. The number of fused-ring (bicyclic) bond motifs is 5. The third-order valence-corrected chi connectivity index (χ3v) is 8.37. The molecule has 0 heterocycles. The second-order valence-corrected chi connectivity index (χ2v) is 9.48. The van der Waals surface area contributed by atoms with Gasteiger partial charge in [0.25, 0.3) is 0 Å². The summed E-state index contributed by atoms with van der Waals surface area (Å²) in [6, 6.07) is 0. The summed E-state index contributed by atoms with van der Waals surface area (Å²) in [5, 5.41) is 31.7. The van der Waals surface area contributed by atoms with Gasteiger partial charge in [-0.25, -0.2) is 0 Å². The molecule has 4 aliphatic carbocycles. The van der Waals surface area contributed by atoms with E-state index >= 15 is 0 Å². The fourth-order valence-electron chi connectivity index (χ4n) is 7.11. The van der Waals surface area contributed by atoms with Crippen LogP contribution in [0.5, 0.6) is 0 Å². The van der Waals surface area contributed by atoms with E-state index in [1.165, 1.54) is 5.57 Å². The maximum Gasteiger partial charge on any atom is 0.0757 e. The predicted octanol–water partition coefficient (Wildman–Crippen LogP) is 2.89. The van der Waals surface area contributed by atoms with Crippen molar-refractivity contribution in [3.8, 4) is 0 Å². The zero-order valence-corrected chi connectivity index (χ0v) is 14.7. The van der Waals surface area contributed by atoms with Crippen molar-refractivity contribution in [3.63, 3.8) is 0 Å². The molecule has 3 N–H and O–H groups in total. The summed E-state index contributed by atoms with van der Waals surface area (Å²) >= 11 is 0. The van der Waals surface area contributed by atoms with E-state index in [0.29, 0.717) is 17.8 Å². The first-order chi connectivity index (χ1) is 10.8. The van der Waals surface area contributed by atoms with Crippen molar-refractivity contribution in [1.82, 2.24) is 0 Å². The van der Waals surface area contributed by atoms with E-state index in [-0.39, 0.29) is 29.0 Å². The lowest BCUT2D eigenvalue weighted by molar-refractivity contribution is -0.112. The van der Waals surface area contributed by atoms with Gasteiger partial charge in [-0.1, -0.05) is 32.4 Å². The normalized spacial score (nSPS) is 58.9. The lowest BCUT2D eigenvalue weighted by atomic mass is 9.46. The average molecular weight is 320 g/mol. The van der Waals surface area contributed by atoms with Crippen molar-refractivity contribution in [1.29, 1.82) is 0 Å². The highest BCUT2D eigenvalue weighted by atomic mass is 16.3. The van der Waals surface area contributed by atoms with Crippen LogP contribution < -0.4 is 0 Å². The topological polar surface area (TPSA) is 60.7 Å². The van der Waals surface area contributed by atoms with Gasteiger partial charge in [-0.05, 0) is 73.0 Å². The van der Waals surface area contributed by atoms with Gasteiger partial charge < -0.3 is 15.3 Å². The van der Waals surface area contributed by atoms with Crippen LogP contribution in [0.1, 0.15) is 59.3 Å².